The lowest BCUT2D eigenvalue weighted by molar-refractivity contribution is -0.141. The number of amides is 1. The van der Waals surface area contributed by atoms with E-state index in [9.17, 15) is 4.79 Å². The zero-order chi connectivity index (χ0) is 15.6. The lowest BCUT2D eigenvalue weighted by Crippen LogP contribution is -2.44. The van der Waals surface area contributed by atoms with Gasteiger partial charge in [-0.05, 0) is 69.7 Å². The SMILES string of the molecule is CCOC(C)(C(=O)Nc1cc(C)c(OC)c(C)c1)C1CC1. The highest BCUT2D eigenvalue weighted by molar-refractivity contribution is 5.97. The number of carbonyl (C=O) groups excluding carboxylic acids is 1. The zero-order valence-electron chi connectivity index (χ0n) is 13.6. The number of hydrogen-bond acceptors (Lipinski definition) is 3. The van der Waals surface area contributed by atoms with Gasteiger partial charge in [-0.3, -0.25) is 4.79 Å². The maximum atomic E-state index is 12.6. The van der Waals surface area contributed by atoms with E-state index >= 15 is 0 Å². The van der Waals surface area contributed by atoms with Crippen LogP contribution in [0.2, 0.25) is 0 Å². The smallest absolute Gasteiger partial charge is 0.256 e. The van der Waals surface area contributed by atoms with E-state index in [1.165, 1.54) is 0 Å². The molecule has 1 unspecified atom stereocenters. The van der Waals surface area contributed by atoms with Crippen LogP contribution in [0.25, 0.3) is 0 Å². The van der Waals surface area contributed by atoms with E-state index in [4.69, 9.17) is 9.47 Å². The van der Waals surface area contributed by atoms with Crippen molar-refractivity contribution >= 4 is 11.6 Å². The number of nitrogens with one attached hydrogen (secondary N) is 1. The third-order valence-corrected chi connectivity index (χ3v) is 4.17. The molecule has 1 saturated carbocycles. The Morgan fingerprint density at radius 3 is 2.33 bits per heavy atom. The fourth-order valence-corrected chi connectivity index (χ4v) is 2.90. The van der Waals surface area contributed by atoms with Crippen LogP contribution in [0, 0.1) is 19.8 Å². The summed E-state index contributed by atoms with van der Waals surface area (Å²) in [5.41, 5.74) is 2.09. The molecule has 4 nitrogen and oxygen atoms in total. The monoisotopic (exact) mass is 291 g/mol. The Labute approximate surface area is 126 Å². The highest BCUT2D eigenvalue weighted by atomic mass is 16.5. The molecule has 1 aromatic carbocycles. The molecule has 1 aliphatic rings. The molecule has 0 bridgehead atoms. The zero-order valence-corrected chi connectivity index (χ0v) is 13.6. The minimum absolute atomic E-state index is 0.0594. The molecule has 1 aromatic rings. The Balaban J connectivity index is 2.19. The van der Waals surface area contributed by atoms with Crippen LogP contribution in [-0.4, -0.2) is 25.2 Å². The van der Waals surface area contributed by atoms with Gasteiger partial charge in [0.2, 0.25) is 0 Å². The molecular weight excluding hydrogens is 266 g/mol. The molecule has 0 aromatic heterocycles. The normalized spacial score (nSPS) is 17.2. The van der Waals surface area contributed by atoms with Crippen molar-refractivity contribution in [2.24, 2.45) is 5.92 Å². The van der Waals surface area contributed by atoms with Crippen LogP contribution in [-0.2, 0) is 9.53 Å². The summed E-state index contributed by atoms with van der Waals surface area (Å²) in [7, 11) is 1.66. The fourth-order valence-electron chi connectivity index (χ4n) is 2.90. The van der Waals surface area contributed by atoms with Gasteiger partial charge in [-0.2, -0.15) is 0 Å². The van der Waals surface area contributed by atoms with Crippen molar-refractivity contribution in [3.8, 4) is 5.75 Å². The van der Waals surface area contributed by atoms with Crippen LogP contribution in [0.1, 0.15) is 37.8 Å². The first kappa shape index (κ1) is 15.8. The van der Waals surface area contributed by atoms with E-state index in [0.29, 0.717) is 12.5 Å². The van der Waals surface area contributed by atoms with Gasteiger partial charge in [-0.25, -0.2) is 0 Å². The van der Waals surface area contributed by atoms with Gasteiger partial charge in [0, 0.05) is 12.3 Å². The molecule has 2 rings (SSSR count). The number of benzene rings is 1. The average Bonchev–Trinajstić information content (AvgIpc) is 3.23. The molecule has 1 amide bonds. The van der Waals surface area contributed by atoms with Crippen LogP contribution in [0.3, 0.4) is 0 Å². The van der Waals surface area contributed by atoms with E-state index in [1.807, 2.05) is 39.8 Å². The Morgan fingerprint density at radius 2 is 1.90 bits per heavy atom. The summed E-state index contributed by atoms with van der Waals surface area (Å²) < 4.78 is 11.1. The average molecular weight is 291 g/mol. The Bertz CT molecular complexity index is 514. The molecule has 1 fully saturated rings. The Morgan fingerprint density at radius 1 is 1.33 bits per heavy atom. The second-order valence-electron chi connectivity index (χ2n) is 5.91. The molecule has 1 aliphatic carbocycles. The molecule has 116 valence electrons. The maximum Gasteiger partial charge on any atom is 0.256 e. The van der Waals surface area contributed by atoms with Crippen molar-refractivity contribution in [3.05, 3.63) is 23.3 Å². The number of ether oxygens (including phenoxy) is 2. The standard InChI is InChI=1S/C17H25NO3/c1-6-21-17(4,13-7-8-13)16(19)18-14-9-11(2)15(20-5)12(3)10-14/h9-10,13H,6-8H2,1-5H3,(H,18,19). The van der Waals surface area contributed by atoms with Gasteiger partial charge in [-0.1, -0.05) is 0 Å². The third kappa shape index (κ3) is 3.21. The van der Waals surface area contributed by atoms with Gasteiger partial charge < -0.3 is 14.8 Å². The van der Waals surface area contributed by atoms with Crippen LogP contribution >= 0.6 is 0 Å². The predicted octanol–water partition coefficient (Wildman–Crippen LogP) is 3.46. The molecular formula is C17H25NO3. The van der Waals surface area contributed by atoms with Crippen molar-refractivity contribution in [3.63, 3.8) is 0 Å². The quantitative estimate of drug-likeness (QED) is 0.873. The molecule has 0 spiro atoms. The topological polar surface area (TPSA) is 47.6 Å². The first-order chi connectivity index (χ1) is 9.92. The van der Waals surface area contributed by atoms with E-state index in [-0.39, 0.29) is 5.91 Å². The third-order valence-electron chi connectivity index (χ3n) is 4.17. The van der Waals surface area contributed by atoms with Gasteiger partial charge in [0.05, 0.1) is 7.11 Å². The van der Waals surface area contributed by atoms with Crippen molar-refractivity contribution < 1.29 is 14.3 Å². The lowest BCUT2D eigenvalue weighted by Gasteiger charge is -2.28. The minimum atomic E-state index is -0.726. The molecule has 1 N–H and O–H groups in total. The minimum Gasteiger partial charge on any atom is -0.496 e. The summed E-state index contributed by atoms with van der Waals surface area (Å²) >= 11 is 0. The van der Waals surface area contributed by atoms with Gasteiger partial charge in [0.15, 0.2) is 0 Å². The molecule has 0 saturated heterocycles. The summed E-state index contributed by atoms with van der Waals surface area (Å²) in [6.07, 6.45) is 2.12. The summed E-state index contributed by atoms with van der Waals surface area (Å²) in [5, 5.41) is 3.00. The molecule has 0 aliphatic heterocycles. The number of hydrogen-bond donors (Lipinski definition) is 1. The first-order valence-electron chi connectivity index (χ1n) is 7.53. The van der Waals surface area contributed by atoms with Crippen molar-refractivity contribution in [1.82, 2.24) is 0 Å². The van der Waals surface area contributed by atoms with Crippen molar-refractivity contribution in [1.29, 1.82) is 0 Å². The highest BCUT2D eigenvalue weighted by Crippen LogP contribution is 2.42. The number of aryl methyl sites for hydroxylation is 2. The van der Waals surface area contributed by atoms with E-state index in [1.54, 1.807) is 7.11 Å². The van der Waals surface area contributed by atoms with Crippen molar-refractivity contribution in [2.75, 3.05) is 19.0 Å². The number of anilines is 1. The van der Waals surface area contributed by atoms with Gasteiger partial charge in [0.1, 0.15) is 11.4 Å². The largest absolute Gasteiger partial charge is 0.496 e. The van der Waals surface area contributed by atoms with Crippen LogP contribution in [0.15, 0.2) is 12.1 Å². The van der Waals surface area contributed by atoms with E-state index in [2.05, 4.69) is 5.32 Å². The van der Waals surface area contributed by atoms with Crippen LogP contribution < -0.4 is 10.1 Å². The molecule has 21 heavy (non-hydrogen) atoms. The summed E-state index contributed by atoms with van der Waals surface area (Å²) in [6, 6.07) is 3.87. The van der Waals surface area contributed by atoms with Gasteiger partial charge in [-0.15, -0.1) is 0 Å². The van der Waals surface area contributed by atoms with E-state index < -0.39 is 5.60 Å². The summed E-state index contributed by atoms with van der Waals surface area (Å²) in [4.78, 5) is 12.6. The van der Waals surface area contributed by atoms with Gasteiger partial charge in [0.25, 0.3) is 5.91 Å². The number of rotatable bonds is 6. The van der Waals surface area contributed by atoms with Crippen LogP contribution in [0.5, 0.6) is 5.75 Å². The van der Waals surface area contributed by atoms with Gasteiger partial charge >= 0.3 is 0 Å². The fraction of sp³-hybridized carbons (Fsp3) is 0.588. The Hall–Kier alpha value is -1.55. The predicted molar refractivity (Wildman–Crippen MR) is 83.9 cm³/mol. The highest BCUT2D eigenvalue weighted by Gasteiger charge is 2.48. The molecule has 4 heteroatoms. The first-order valence-corrected chi connectivity index (χ1v) is 7.53. The summed E-state index contributed by atoms with van der Waals surface area (Å²) in [5.74, 6) is 1.14. The Kier molecular flexibility index (Phi) is 4.57. The molecule has 1 atom stereocenters. The number of carbonyl (C=O) groups is 1. The second-order valence-corrected chi connectivity index (χ2v) is 5.91. The molecule has 0 heterocycles. The number of methoxy groups -OCH3 is 1. The molecule has 0 radical (unpaired) electrons. The van der Waals surface area contributed by atoms with Crippen LogP contribution in [0.4, 0.5) is 5.69 Å². The van der Waals surface area contributed by atoms with E-state index in [0.717, 1.165) is 35.4 Å². The van der Waals surface area contributed by atoms with Crippen molar-refractivity contribution in [2.45, 2.75) is 46.1 Å². The maximum absolute atomic E-state index is 12.6. The lowest BCUT2D eigenvalue weighted by atomic mass is 9.98. The second kappa shape index (κ2) is 6.06. The summed E-state index contributed by atoms with van der Waals surface area (Å²) in [6.45, 7) is 8.32.